The predicted molar refractivity (Wildman–Crippen MR) is 92.6 cm³/mol. The summed E-state index contributed by atoms with van der Waals surface area (Å²) in [5.74, 6) is 1.01. The van der Waals surface area contributed by atoms with Gasteiger partial charge in [-0.25, -0.2) is 9.97 Å². The van der Waals surface area contributed by atoms with E-state index < -0.39 is 0 Å². The smallest absolute Gasteiger partial charge is 0.131 e. The first-order valence-electron chi connectivity index (χ1n) is 8.36. The molecule has 3 heterocycles. The second kappa shape index (κ2) is 7.51. The van der Waals surface area contributed by atoms with Crippen LogP contribution in [0.4, 0.5) is 5.82 Å². The maximum atomic E-state index is 4.61. The molecule has 5 nitrogen and oxygen atoms in total. The lowest BCUT2D eigenvalue weighted by atomic mass is 10.0. The van der Waals surface area contributed by atoms with Gasteiger partial charge in [0.2, 0.25) is 0 Å². The molecular weight excluding hydrogens is 286 g/mol. The summed E-state index contributed by atoms with van der Waals surface area (Å²) in [4.78, 5) is 17.8. The lowest BCUT2D eigenvalue weighted by Gasteiger charge is -2.38. The van der Waals surface area contributed by atoms with Crippen molar-refractivity contribution in [1.82, 2.24) is 19.9 Å². The molecule has 1 aliphatic heterocycles. The molecule has 0 radical (unpaired) electrons. The topological polar surface area (TPSA) is 45.2 Å². The Labute approximate surface area is 138 Å². The van der Waals surface area contributed by atoms with Crippen molar-refractivity contribution in [2.75, 3.05) is 31.6 Å². The third kappa shape index (κ3) is 4.26. The number of aromatic nitrogens is 3. The molecule has 3 rings (SSSR count). The largest absolute Gasteiger partial charge is 0.355 e. The minimum absolute atomic E-state index is 0.518. The third-order valence-electron chi connectivity index (χ3n) is 4.59. The van der Waals surface area contributed by atoms with Crippen molar-refractivity contribution in [2.24, 2.45) is 0 Å². The molecule has 5 heteroatoms. The Hall–Kier alpha value is -2.01. The van der Waals surface area contributed by atoms with E-state index in [0.29, 0.717) is 6.04 Å². The zero-order valence-electron chi connectivity index (χ0n) is 14.0. The Morgan fingerprint density at radius 2 is 2.22 bits per heavy atom. The number of likely N-dealkylation sites (tertiary alicyclic amines) is 1. The zero-order chi connectivity index (χ0) is 16.1. The number of anilines is 1. The van der Waals surface area contributed by atoms with Gasteiger partial charge < -0.3 is 9.80 Å². The van der Waals surface area contributed by atoms with E-state index in [1.165, 1.54) is 25.1 Å². The van der Waals surface area contributed by atoms with Crippen LogP contribution in [0.3, 0.4) is 0 Å². The number of rotatable bonds is 5. The van der Waals surface area contributed by atoms with Crippen LogP contribution in [0.1, 0.15) is 24.2 Å². The minimum Gasteiger partial charge on any atom is -0.355 e. The molecule has 0 bridgehead atoms. The summed E-state index contributed by atoms with van der Waals surface area (Å²) in [6.07, 6.45) is 6.91. The Bertz CT molecular complexity index is 616. The second-order valence-electron chi connectivity index (χ2n) is 6.30. The molecule has 0 saturated carbocycles. The Kier molecular flexibility index (Phi) is 5.18. The molecule has 2 aromatic rings. The van der Waals surface area contributed by atoms with Gasteiger partial charge in [-0.1, -0.05) is 6.07 Å². The molecule has 0 aromatic carbocycles. The van der Waals surface area contributed by atoms with E-state index in [-0.39, 0.29) is 0 Å². The minimum atomic E-state index is 0.518. The van der Waals surface area contributed by atoms with Gasteiger partial charge in [0.05, 0.1) is 0 Å². The predicted octanol–water partition coefficient (Wildman–Crippen LogP) is 2.32. The molecule has 0 amide bonds. The molecule has 1 fully saturated rings. The van der Waals surface area contributed by atoms with Crippen molar-refractivity contribution in [3.8, 4) is 0 Å². The van der Waals surface area contributed by atoms with E-state index in [9.17, 15) is 0 Å². The van der Waals surface area contributed by atoms with E-state index in [1.54, 1.807) is 6.33 Å². The molecular formula is C18H25N5. The van der Waals surface area contributed by atoms with E-state index in [1.807, 2.05) is 12.3 Å². The fourth-order valence-corrected chi connectivity index (χ4v) is 3.24. The summed E-state index contributed by atoms with van der Waals surface area (Å²) < 4.78 is 0. The van der Waals surface area contributed by atoms with Crippen LogP contribution in [0.25, 0.3) is 0 Å². The van der Waals surface area contributed by atoms with E-state index in [4.69, 9.17) is 0 Å². The van der Waals surface area contributed by atoms with Crippen molar-refractivity contribution in [2.45, 2.75) is 32.2 Å². The first kappa shape index (κ1) is 15.9. The average molecular weight is 311 g/mol. The molecule has 1 saturated heterocycles. The maximum absolute atomic E-state index is 4.61. The molecule has 1 atom stereocenters. The maximum Gasteiger partial charge on any atom is 0.131 e. The highest BCUT2D eigenvalue weighted by Crippen LogP contribution is 2.19. The van der Waals surface area contributed by atoms with E-state index in [2.05, 4.69) is 56.9 Å². The highest BCUT2D eigenvalue weighted by atomic mass is 15.2. The van der Waals surface area contributed by atoms with Crippen molar-refractivity contribution < 1.29 is 0 Å². The Morgan fingerprint density at radius 3 is 3.00 bits per heavy atom. The van der Waals surface area contributed by atoms with Gasteiger partial charge in [-0.2, -0.15) is 0 Å². The van der Waals surface area contributed by atoms with Crippen LogP contribution in [0.15, 0.2) is 36.8 Å². The Morgan fingerprint density at radius 1 is 1.30 bits per heavy atom. The van der Waals surface area contributed by atoms with Crippen LogP contribution in [-0.4, -0.2) is 52.6 Å². The molecule has 0 N–H and O–H groups in total. The van der Waals surface area contributed by atoms with Crippen molar-refractivity contribution >= 4 is 5.82 Å². The summed E-state index contributed by atoms with van der Waals surface area (Å²) in [7, 11) is 2.14. The lowest BCUT2D eigenvalue weighted by Crippen LogP contribution is -2.47. The second-order valence-corrected chi connectivity index (χ2v) is 6.30. The van der Waals surface area contributed by atoms with Crippen LogP contribution in [0, 0.1) is 6.92 Å². The summed E-state index contributed by atoms with van der Waals surface area (Å²) >= 11 is 0. The number of pyridine rings is 1. The zero-order valence-corrected chi connectivity index (χ0v) is 14.0. The van der Waals surface area contributed by atoms with Crippen molar-refractivity contribution in [1.29, 1.82) is 0 Å². The van der Waals surface area contributed by atoms with Gasteiger partial charge in [0.15, 0.2) is 0 Å². The van der Waals surface area contributed by atoms with Crippen LogP contribution >= 0.6 is 0 Å². The molecule has 122 valence electrons. The van der Waals surface area contributed by atoms with Gasteiger partial charge in [-0.05, 0) is 44.5 Å². The number of hydrogen-bond acceptors (Lipinski definition) is 5. The number of aryl methyl sites for hydroxylation is 1. The van der Waals surface area contributed by atoms with Gasteiger partial charge in [-0.3, -0.25) is 4.98 Å². The van der Waals surface area contributed by atoms with Crippen molar-refractivity contribution in [3.05, 3.63) is 48.2 Å². The Balaban J connectivity index is 1.56. The summed E-state index contributed by atoms with van der Waals surface area (Å²) in [6.45, 7) is 5.40. The van der Waals surface area contributed by atoms with Crippen LogP contribution < -0.4 is 4.90 Å². The molecule has 1 unspecified atom stereocenters. The highest BCUT2D eigenvalue weighted by Gasteiger charge is 2.23. The fraction of sp³-hybridized carbons (Fsp3) is 0.500. The summed E-state index contributed by atoms with van der Waals surface area (Å²) in [5, 5.41) is 0. The standard InChI is InChI=1S/C18H25N5/c1-15-5-3-6-16(21-15)9-12-23-11-4-7-17(13-23)22(2)18-8-10-19-14-20-18/h3,5-6,8,10,14,17H,4,7,9,11-13H2,1-2H3. The van der Waals surface area contributed by atoms with Gasteiger partial charge >= 0.3 is 0 Å². The number of likely N-dealkylation sites (N-methyl/N-ethyl adjacent to an activating group) is 1. The normalized spacial score (nSPS) is 18.8. The van der Waals surface area contributed by atoms with Crippen molar-refractivity contribution in [3.63, 3.8) is 0 Å². The molecule has 0 spiro atoms. The highest BCUT2D eigenvalue weighted by molar-refractivity contribution is 5.36. The number of hydrogen-bond donors (Lipinski definition) is 0. The SMILES string of the molecule is Cc1cccc(CCN2CCCC(N(C)c3ccncn3)C2)n1. The summed E-state index contributed by atoms with van der Waals surface area (Å²) in [6, 6.07) is 8.78. The van der Waals surface area contributed by atoms with Crippen LogP contribution in [0.2, 0.25) is 0 Å². The fourth-order valence-electron chi connectivity index (χ4n) is 3.24. The molecule has 23 heavy (non-hydrogen) atoms. The van der Waals surface area contributed by atoms with Gasteiger partial charge in [0.25, 0.3) is 0 Å². The first-order chi connectivity index (χ1) is 11.2. The van der Waals surface area contributed by atoms with Crippen LogP contribution in [-0.2, 0) is 6.42 Å². The van der Waals surface area contributed by atoms with Gasteiger partial charge in [0, 0.05) is 50.2 Å². The molecule has 1 aliphatic rings. The van der Waals surface area contributed by atoms with Gasteiger partial charge in [0.1, 0.15) is 12.1 Å². The van der Waals surface area contributed by atoms with Crippen LogP contribution in [0.5, 0.6) is 0 Å². The monoisotopic (exact) mass is 311 g/mol. The number of nitrogens with zero attached hydrogens (tertiary/aromatic N) is 5. The quantitative estimate of drug-likeness (QED) is 0.848. The van der Waals surface area contributed by atoms with Gasteiger partial charge in [-0.15, -0.1) is 0 Å². The first-order valence-corrected chi connectivity index (χ1v) is 8.36. The molecule has 2 aromatic heterocycles. The van der Waals surface area contributed by atoms with E-state index in [0.717, 1.165) is 31.0 Å². The molecule has 0 aliphatic carbocycles. The third-order valence-corrected chi connectivity index (χ3v) is 4.59. The number of piperidine rings is 1. The average Bonchev–Trinajstić information content (AvgIpc) is 2.60. The van der Waals surface area contributed by atoms with E-state index >= 15 is 0 Å². The lowest BCUT2D eigenvalue weighted by molar-refractivity contribution is 0.207. The summed E-state index contributed by atoms with van der Waals surface area (Å²) in [5.41, 5.74) is 2.29.